The predicted octanol–water partition coefficient (Wildman–Crippen LogP) is 5.28. The number of fused-ring (bicyclic) bond motifs is 1. The Morgan fingerprint density at radius 3 is 2.72 bits per heavy atom. The van der Waals surface area contributed by atoms with E-state index in [0.29, 0.717) is 42.3 Å². The maximum Gasteiger partial charge on any atom is 0.322 e. The standard InChI is InChI=1S/C27H27FN4O3S/c1-18-16-30(11-12-31(18)27(34)29-21-7-5-8-22(15-21)35-2)25(33)24-14-19-10-13-36-26(19)32(24)17-20-6-3-4-9-23(20)28/h3-10,13-15,18H,11-12,16-17H2,1-2H3,(H,29,34). The highest BCUT2D eigenvalue weighted by atomic mass is 32.1. The minimum absolute atomic E-state index is 0.116. The van der Waals surface area contributed by atoms with Gasteiger partial charge in [-0.15, -0.1) is 11.3 Å². The van der Waals surface area contributed by atoms with Crippen molar-refractivity contribution in [3.63, 3.8) is 0 Å². The Kier molecular flexibility index (Phi) is 6.65. The lowest BCUT2D eigenvalue weighted by molar-refractivity contribution is 0.0583. The quantitative estimate of drug-likeness (QED) is 0.401. The molecule has 2 aromatic heterocycles. The number of piperazine rings is 1. The van der Waals surface area contributed by atoms with Crippen LogP contribution in [-0.4, -0.2) is 59.1 Å². The molecule has 1 aliphatic heterocycles. The van der Waals surface area contributed by atoms with Crippen molar-refractivity contribution in [3.8, 4) is 5.75 Å². The van der Waals surface area contributed by atoms with Gasteiger partial charge < -0.3 is 24.4 Å². The molecule has 7 nitrogen and oxygen atoms in total. The van der Waals surface area contributed by atoms with E-state index >= 15 is 0 Å². The van der Waals surface area contributed by atoms with Crippen LogP contribution in [0.5, 0.6) is 5.75 Å². The van der Waals surface area contributed by atoms with Gasteiger partial charge in [-0.3, -0.25) is 4.79 Å². The average molecular weight is 507 g/mol. The summed E-state index contributed by atoms with van der Waals surface area (Å²) in [6.07, 6.45) is 0. The number of urea groups is 1. The van der Waals surface area contributed by atoms with Gasteiger partial charge in [0.05, 0.1) is 13.7 Å². The van der Waals surface area contributed by atoms with E-state index in [1.54, 1.807) is 47.2 Å². The molecule has 1 saturated heterocycles. The molecule has 9 heteroatoms. The molecule has 5 rings (SSSR count). The summed E-state index contributed by atoms with van der Waals surface area (Å²) in [6, 6.07) is 17.3. The molecule has 186 valence electrons. The van der Waals surface area contributed by atoms with Crippen LogP contribution in [0.4, 0.5) is 14.9 Å². The second-order valence-corrected chi connectivity index (χ2v) is 9.74. The molecule has 0 spiro atoms. The normalized spacial score (nSPS) is 15.8. The molecule has 0 radical (unpaired) electrons. The summed E-state index contributed by atoms with van der Waals surface area (Å²) in [5.41, 5.74) is 1.71. The minimum atomic E-state index is -0.293. The van der Waals surface area contributed by atoms with Crippen LogP contribution in [0.25, 0.3) is 10.2 Å². The zero-order chi connectivity index (χ0) is 25.2. The molecule has 0 bridgehead atoms. The number of methoxy groups -OCH3 is 1. The Morgan fingerprint density at radius 2 is 1.94 bits per heavy atom. The number of carbonyl (C=O) groups is 2. The number of aromatic nitrogens is 1. The zero-order valence-electron chi connectivity index (χ0n) is 20.1. The van der Waals surface area contributed by atoms with Crippen molar-refractivity contribution in [3.05, 3.63) is 83.1 Å². The monoisotopic (exact) mass is 506 g/mol. The van der Waals surface area contributed by atoms with Crippen LogP contribution < -0.4 is 10.1 Å². The molecular formula is C27H27FN4O3S. The van der Waals surface area contributed by atoms with Gasteiger partial charge in [-0.05, 0) is 42.6 Å². The van der Waals surface area contributed by atoms with E-state index in [0.717, 1.165) is 10.2 Å². The number of nitrogens with one attached hydrogen (secondary N) is 1. The fourth-order valence-corrected chi connectivity index (χ4v) is 5.50. The number of carbonyl (C=O) groups excluding carboxylic acids is 2. The Balaban J connectivity index is 1.31. The van der Waals surface area contributed by atoms with Crippen LogP contribution in [0.1, 0.15) is 23.0 Å². The highest BCUT2D eigenvalue weighted by Gasteiger charge is 2.32. The first-order valence-corrected chi connectivity index (χ1v) is 12.6. The summed E-state index contributed by atoms with van der Waals surface area (Å²) in [7, 11) is 1.58. The fourth-order valence-electron chi connectivity index (χ4n) is 4.61. The van der Waals surface area contributed by atoms with Crippen LogP contribution in [-0.2, 0) is 6.54 Å². The smallest absolute Gasteiger partial charge is 0.322 e. The van der Waals surface area contributed by atoms with Crippen LogP contribution in [0.2, 0.25) is 0 Å². The third kappa shape index (κ3) is 4.66. The number of rotatable bonds is 5. The van der Waals surface area contributed by atoms with E-state index in [1.807, 2.05) is 41.1 Å². The molecule has 4 aromatic rings. The van der Waals surface area contributed by atoms with E-state index in [9.17, 15) is 14.0 Å². The molecule has 2 aromatic carbocycles. The summed E-state index contributed by atoms with van der Waals surface area (Å²) in [6.45, 7) is 3.43. The molecular weight excluding hydrogens is 479 g/mol. The predicted molar refractivity (Wildman–Crippen MR) is 139 cm³/mol. The van der Waals surface area contributed by atoms with Gasteiger partial charge >= 0.3 is 6.03 Å². The van der Waals surface area contributed by atoms with Gasteiger partial charge in [-0.2, -0.15) is 0 Å². The van der Waals surface area contributed by atoms with Crippen LogP contribution >= 0.6 is 11.3 Å². The topological polar surface area (TPSA) is 66.8 Å². The SMILES string of the molecule is COc1cccc(NC(=O)N2CCN(C(=O)c3cc4ccsc4n3Cc3ccccc3F)CC2C)c1. The Labute approximate surface area is 212 Å². The highest BCUT2D eigenvalue weighted by molar-refractivity contribution is 7.16. The van der Waals surface area contributed by atoms with E-state index in [2.05, 4.69) is 5.32 Å². The van der Waals surface area contributed by atoms with Crippen LogP contribution in [0.3, 0.4) is 0 Å². The number of ether oxygens (including phenoxy) is 1. The average Bonchev–Trinajstić information content (AvgIpc) is 3.47. The molecule has 0 saturated carbocycles. The van der Waals surface area contributed by atoms with Crippen molar-refractivity contribution < 1.29 is 18.7 Å². The molecule has 36 heavy (non-hydrogen) atoms. The fraction of sp³-hybridized carbons (Fsp3) is 0.259. The van der Waals surface area contributed by atoms with Crippen LogP contribution in [0, 0.1) is 5.82 Å². The van der Waals surface area contributed by atoms with E-state index < -0.39 is 0 Å². The number of nitrogens with zero attached hydrogens (tertiary/aromatic N) is 3. The summed E-state index contributed by atoms with van der Waals surface area (Å²) in [5, 5.41) is 5.85. The van der Waals surface area contributed by atoms with E-state index in [1.165, 1.54) is 17.4 Å². The lowest BCUT2D eigenvalue weighted by Crippen LogP contribution is -2.56. The summed E-state index contributed by atoms with van der Waals surface area (Å²) in [4.78, 5) is 31.0. The van der Waals surface area contributed by atoms with Crippen molar-refractivity contribution in [2.45, 2.75) is 19.5 Å². The maximum atomic E-state index is 14.4. The first-order chi connectivity index (χ1) is 17.4. The second-order valence-electron chi connectivity index (χ2n) is 8.84. The van der Waals surface area contributed by atoms with E-state index in [-0.39, 0.29) is 30.3 Å². The lowest BCUT2D eigenvalue weighted by atomic mass is 10.1. The largest absolute Gasteiger partial charge is 0.497 e. The van der Waals surface area contributed by atoms with Gasteiger partial charge in [0, 0.05) is 48.4 Å². The lowest BCUT2D eigenvalue weighted by Gasteiger charge is -2.39. The van der Waals surface area contributed by atoms with Gasteiger partial charge in [0.1, 0.15) is 22.1 Å². The molecule has 1 aliphatic rings. The Bertz CT molecular complexity index is 1420. The van der Waals surface area contributed by atoms with Gasteiger partial charge in [0.25, 0.3) is 5.91 Å². The number of benzene rings is 2. The number of anilines is 1. The summed E-state index contributed by atoms with van der Waals surface area (Å²) >= 11 is 1.53. The Hall–Kier alpha value is -3.85. The summed E-state index contributed by atoms with van der Waals surface area (Å²) in [5.74, 6) is 0.252. The van der Waals surface area contributed by atoms with Gasteiger partial charge in [-0.1, -0.05) is 24.3 Å². The summed E-state index contributed by atoms with van der Waals surface area (Å²) < 4.78 is 21.5. The first kappa shape index (κ1) is 23.9. The first-order valence-electron chi connectivity index (χ1n) is 11.8. The number of hydrogen-bond donors (Lipinski definition) is 1. The molecule has 0 aliphatic carbocycles. The zero-order valence-corrected chi connectivity index (χ0v) is 20.9. The van der Waals surface area contributed by atoms with Crippen molar-refractivity contribution in [1.29, 1.82) is 0 Å². The maximum absolute atomic E-state index is 14.4. The Morgan fingerprint density at radius 1 is 1.11 bits per heavy atom. The molecule has 1 N–H and O–H groups in total. The van der Waals surface area contributed by atoms with E-state index in [4.69, 9.17) is 4.74 Å². The van der Waals surface area contributed by atoms with Crippen molar-refractivity contribution in [2.24, 2.45) is 0 Å². The van der Waals surface area contributed by atoms with Gasteiger partial charge in [-0.25, -0.2) is 9.18 Å². The number of amides is 3. The molecule has 3 heterocycles. The van der Waals surface area contributed by atoms with Crippen molar-refractivity contribution in [1.82, 2.24) is 14.4 Å². The highest BCUT2D eigenvalue weighted by Crippen LogP contribution is 2.28. The van der Waals surface area contributed by atoms with Gasteiger partial charge in [0.2, 0.25) is 0 Å². The molecule has 1 unspecified atom stereocenters. The minimum Gasteiger partial charge on any atom is -0.497 e. The third-order valence-corrected chi connectivity index (χ3v) is 7.46. The van der Waals surface area contributed by atoms with Crippen molar-refractivity contribution >= 4 is 39.2 Å². The van der Waals surface area contributed by atoms with Crippen LogP contribution in [0.15, 0.2) is 66.0 Å². The number of halogens is 1. The molecule has 3 amide bonds. The third-order valence-electron chi connectivity index (χ3n) is 6.50. The molecule has 1 fully saturated rings. The number of thiophene rings is 1. The number of hydrogen-bond acceptors (Lipinski definition) is 4. The van der Waals surface area contributed by atoms with Gasteiger partial charge in [0.15, 0.2) is 0 Å². The van der Waals surface area contributed by atoms with Crippen molar-refractivity contribution in [2.75, 3.05) is 32.1 Å². The molecule has 1 atom stereocenters. The second kappa shape index (κ2) is 10.0.